The van der Waals surface area contributed by atoms with Gasteiger partial charge in [0, 0.05) is 0 Å². The van der Waals surface area contributed by atoms with E-state index in [1.807, 2.05) is 0 Å². The van der Waals surface area contributed by atoms with Crippen molar-refractivity contribution in [2.75, 3.05) is 26.4 Å². The van der Waals surface area contributed by atoms with Crippen molar-refractivity contribution >= 4 is 16.5 Å². The molecule has 0 aromatic heterocycles. The molecule has 0 atom stereocenters. The fraction of sp³-hybridized carbons (Fsp3) is 1.00. The standard InChI is InChI=1S/C5H8O6P2/c6-12-8-1-5(2-9-12)3-10-13(7)11-4-5/h1-4H2. The average Bonchev–Trinajstić information content (AvgIpc) is 2.16. The lowest BCUT2D eigenvalue weighted by Crippen LogP contribution is -2.43. The van der Waals surface area contributed by atoms with Crippen LogP contribution in [0.1, 0.15) is 0 Å². The molecule has 2 radical (unpaired) electrons. The molecule has 0 unspecified atom stereocenters. The van der Waals surface area contributed by atoms with Gasteiger partial charge in [0.25, 0.3) is 0 Å². The van der Waals surface area contributed by atoms with Crippen LogP contribution in [0.3, 0.4) is 0 Å². The molecule has 74 valence electrons. The molecule has 0 N–H and O–H groups in total. The molecule has 2 aliphatic heterocycles. The smallest absolute Gasteiger partial charge is 0.282 e. The van der Waals surface area contributed by atoms with Crippen LogP contribution in [0.4, 0.5) is 0 Å². The van der Waals surface area contributed by atoms with E-state index < -0.39 is 21.9 Å². The molecular formula is C5H8O6P2. The Labute approximate surface area is 76.4 Å². The van der Waals surface area contributed by atoms with E-state index in [1.165, 1.54) is 0 Å². The Morgan fingerprint density at radius 2 is 1.08 bits per heavy atom. The van der Waals surface area contributed by atoms with Gasteiger partial charge in [-0.1, -0.05) is 0 Å². The molecule has 0 aliphatic carbocycles. The van der Waals surface area contributed by atoms with Gasteiger partial charge >= 0.3 is 16.5 Å². The third-order valence-electron chi connectivity index (χ3n) is 1.90. The lowest BCUT2D eigenvalue weighted by Gasteiger charge is -2.36. The van der Waals surface area contributed by atoms with Crippen LogP contribution in [0.15, 0.2) is 0 Å². The topological polar surface area (TPSA) is 71.1 Å². The van der Waals surface area contributed by atoms with Gasteiger partial charge in [0.1, 0.15) is 0 Å². The van der Waals surface area contributed by atoms with E-state index in [-0.39, 0.29) is 26.4 Å². The van der Waals surface area contributed by atoms with Crippen LogP contribution in [0.5, 0.6) is 0 Å². The van der Waals surface area contributed by atoms with Crippen LogP contribution < -0.4 is 0 Å². The summed E-state index contributed by atoms with van der Waals surface area (Å²) in [7, 11) is -3.97. The third-order valence-corrected chi connectivity index (χ3v) is 3.26. The van der Waals surface area contributed by atoms with Crippen molar-refractivity contribution in [3.63, 3.8) is 0 Å². The molecule has 6 nitrogen and oxygen atoms in total. The van der Waals surface area contributed by atoms with Crippen molar-refractivity contribution in [1.82, 2.24) is 0 Å². The summed E-state index contributed by atoms with van der Waals surface area (Å²) in [5, 5.41) is 0. The zero-order chi connectivity index (χ0) is 9.31. The Morgan fingerprint density at radius 3 is 1.38 bits per heavy atom. The molecule has 0 saturated carbocycles. The van der Waals surface area contributed by atoms with E-state index in [9.17, 15) is 9.13 Å². The number of hydrogen-bond donors (Lipinski definition) is 0. The zero-order valence-corrected chi connectivity index (χ0v) is 8.46. The highest BCUT2D eigenvalue weighted by molar-refractivity contribution is 7.33. The fourth-order valence-corrected chi connectivity index (χ4v) is 2.75. The monoisotopic (exact) mass is 226 g/mol. The van der Waals surface area contributed by atoms with Gasteiger partial charge in [-0.2, -0.15) is 0 Å². The van der Waals surface area contributed by atoms with Gasteiger partial charge in [-0.15, -0.1) is 0 Å². The van der Waals surface area contributed by atoms with E-state index in [0.29, 0.717) is 0 Å². The van der Waals surface area contributed by atoms with Crippen molar-refractivity contribution in [3.8, 4) is 0 Å². The third kappa shape index (κ3) is 2.10. The van der Waals surface area contributed by atoms with E-state index in [0.717, 1.165) is 0 Å². The maximum Gasteiger partial charge on any atom is 0.368 e. The van der Waals surface area contributed by atoms with Gasteiger partial charge in [-0.25, -0.2) is 9.13 Å². The Kier molecular flexibility index (Phi) is 2.70. The normalized spacial score (nSPS) is 40.9. The summed E-state index contributed by atoms with van der Waals surface area (Å²) in [6.07, 6.45) is 0. The molecule has 2 heterocycles. The summed E-state index contributed by atoms with van der Waals surface area (Å²) in [4.78, 5) is 0. The fourth-order valence-electron chi connectivity index (χ4n) is 1.08. The molecule has 0 aromatic carbocycles. The van der Waals surface area contributed by atoms with Crippen molar-refractivity contribution < 1.29 is 27.2 Å². The second kappa shape index (κ2) is 3.65. The average molecular weight is 226 g/mol. The maximum absolute atomic E-state index is 10.7. The molecule has 0 bridgehead atoms. The Bertz CT molecular complexity index is 204. The summed E-state index contributed by atoms with van der Waals surface area (Å²) in [5.74, 6) is 0. The molecule has 0 amide bonds. The highest BCUT2D eigenvalue weighted by Gasteiger charge is 2.41. The van der Waals surface area contributed by atoms with Crippen LogP contribution in [-0.4, -0.2) is 26.4 Å². The lowest BCUT2D eigenvalue weighted by molar-refractivity contribution is -0.0582. The summed E-state index contributed by atoms with van der Waals surface area (Å²) in [6.45, 7) is 1.02. The molecule has 0 aromatic rings. The molecule has 1 spiro atoms. The molecule has 8 heteroatoms. The van der Waals surface area contributed by atoms with Gasteiger partial charge in [0.05, 0.1) is 31.8 Å². The lowest BCUT2D eigenvalue weighted by atomic mass is 9.93. The van der Waals surface area contributed by atoms with Gasteiger partial charge < -0.3 is 0 Å². The first-order valence-electron chi connectivity index (χ1n) is 3.66. The summed E-state index contributed by atoms with van der Waals surface area (Å²) in [5.41, 5.74) is -0.438. The van der Waals surface area contributed by atoms with Crippen LogP contribution in [-0.2, 0) is 27.2 Å². The van der Waals surface area contributed by atoms with Crippen molar-refractivity contribution in [2.24, 2.45) is 5.41 Å². The second-order valence-corrected chi connectivity index (χ2v) is 4.97. The van der Waals surface area contributed by atoms with Gasteiger partial charge in [-0.3, -0.25) is 18.1 Å². The molecule has 2 saturated heterocycles. The summed E-state index contributed by atoms with van der Waals surface area (Å²) < 4.78 is 40.8. The minimum atomic E-state index is -1.99. The quantitative estimate of drug-likeness (QED) is 0.581. The van der Waals surface area contributed by atoms with Gasteiger partial charge in [-0.05, 0) is 0 Å². The van der Waals surface area contributed by atoms with Crippen molar-refractivity contribution in [3.05, 3.63) is 0 Å². The first kappa shape index (κ1) is 9.59. The van der Waals surface area contributed by atoms with E-state index in [2.05, 4.69) is 0 Å². The highest BCUT2D eigenvalue weighted by Crippen LogP contribution is 2.43. The summed E-state index contributed by atoms with van der Waals surface area (Å²) >= 11 is 0. The van der Waals surface area contributed by atoms with E-state index in [4.69, 9.17) is 18.1 Å². The Morgan fingerprint density at radius 1 is 0.769 bits per heavy atom. The minimum absolute atomic E-state index is 0.255. The Hall–Kier alpha value is 0.0400. The molecule has 13 heavy (non-hydrogen) atoms. The molecule has 2 fully saturated rings. The molecule has 2 rings (SSSR count). The number of hydrogen-bond acceptors (Lipinski definition) is 6. The first-order chi connectivity index (χ1) is 6.20. The Balaban J connectivity index is 1.98. The van der Waals surface area contributed by atoms with Gasteiger partial charge in [0.2, 0.25) is 0 Å². The molecule has 2 aliphatic rings. The van der Waals surface area contributed by atoms with Crippen LogP contribution in [0, 0.1) is 5.41 Å². The maximum atomic E-state index is 10.7. The van der Waals surface area contributed by atoms with Crippen LogP contribution in [0.25, 0.3) is 0 Å². The van der Waals surface area contributed by atoms with Crippen molar-refractivity contribution in [2.45, 2.75) is 0 Å². The highest BCUT2D eigenvalue weighted by atomic mass is 31.1. The predicted octanol–water partition coefficient (Wildman–Crippen LogP) is 1.38. The van der Waals surface area contributed by atoms with Crippen LogP contribution in [0.2, 0.25) is 0 Å². The first-order valence-corrected chi connectivity index (χ1v) is 5.86. The second-order valence-electron chi connectivity index (χ2n) is 3.04. The zero-order valence-electron chi connectivity index (χ0n) is 6.67. The van der Waals surface area contributed by atoms with Crippen molar-refractivity contribution in [1.29, 1.82) is 0 Å². The van der Waals surface area contributed by atoms with E-state index >= 15 is 0 Å². The van der Waals surface area contributed by atoms with Crippen LogP contribution >= 0.6 is 16.5 Å². The molecular weight excluding hydrogens is 218 g/mol. The van der Waals surface area contributed by atoms with Gasteiger partial charge in [0.15, 0.2) is 0 Å². The summed E-state index contributed by atoms with van der Waals surface area (Å²) in [6, 6.07) is 0. The SMILES string of the molecule is O=[P]1OCC2(CO1)CO[P](=O)OC2. The van der Waals surface area contributed by atoms with E-state index in [1.54, 1.807) is 0 Å². The predicted molar refractivity (Wildman–Crippen MR) is 41.5 cm³/mol. The number of rotatable bonds is 0. The largest absolute Gasteiger partial charge is 0.368 e. The minimum Gasteiger partial charge on any atom is -0.282 e.